The summed E-state index contributed by atoms with van der Waals surface area (Å²) in [4.78, 5) is 23.9. The summed E-state index contributed by atoms with van der Waals surface area (Å²) in [6.07, 6.45) is 0.415. The molecule has 2 aromatic carbocycles. The van der Waals surface area contributed by atoms with Gasteiger partial charge in [-0.25, -0.2) is 4.79 Å². The zero-order valence-corrected chi connectivity index (χ0v) is 18.8. The van der Waals surface area contributed by atoms with Crippen molar-refractivity contribution in [3.63, 3.8) is 0 Å². The highest BCUT2D eigenvalue weighted by atomic mass is 32.1. The van der Waals surface area contributed by atoms with Crippen LogP contribution in [0.15, 0.2) is 42.5 Å². The van der Waals surface area contributed by atoms with Crippen molar-refractivity contribution in [3.8, 4) is 0 Å². The van der Waals surface area contributed by atoms with Crippen LogP contribution in [0, 0.1) is 13.8 Å². The minimum absolute atomic E-state index is 0.129. The van der Waals surface area contributed by atoms with E-state index in [1.165, 1.54) is 14.0 Å². The molecular weight excluding hydrogens is 384 g/mol. The predicted octanol–water partition coefficient (Wildman–Crippen LogP) is 4.34. The van der Waals surface area contributed by atoms with Gasteiger partial charge < -0.3 is 15.4 Å². The molecule has 2 N–H and O–H groups in total. The zero-order valence-electron chi connectivity index (χ0n) is 18.0. The Hall–Kier alpha value is -2.73. The van der Waals surface area contributed by atoms with Crippen LogP contribution in [0.2, 0.25) is 0 Å². The Labute approximate surface area is 178 Å². The number of hydrogen-bond acceptors (Lipinski definition) is 4. The number of methoxy groups -OCH3 is 1. The van der Waals surface area contributed by atoms with Gasteiger partial charge in [-0.3, -0.25) is 4.79 Å². The van der Waals surface area contributed by atoms with Crippen LogP contribution in [0.4, 0.5) is 5.69 Å². The van der Waals surface area contributed by atoms with Crippen molar-refractivity contribution < 1.29 is 14.3 Å². The quantitative estimate of drug-likeness (QED) is 0.544. The van der Waals surface area contributed by atoms with Crippen LogP contribution in [0.1, 0.15) is 43.0 Å². The van der Waals surface area contributed by atoms with Crippen LogP contribution in [-0.2, 0) is 20.7 Å². The first-order valence-electron chi connectivity index (χ1n) is 9.63. The van der Waals surface area contributed by atoms with Crippen LogP contribution in [0.5, 0.6) is 0 Å². The van der Waals surface area contributed by atoms with Gasteiger partial charge in [-0.1, -0.05) is 56.4 Å². The molecule has 1 atom stereocenters. The summed E-state index contributed by atoms with van der Waals surface area (Å²) in [7, 11) is 1.36. The van der Waals surface area contributed by atoms with E-state index in [0.29, 0.717) is 17.1 Å². The maximum Gasteiger partial charge on any atom is 0.328 e. The van der Waals surface area contributed by atoms with E-state index in [9.17, 15) is 9.59 Å². The van der Waals surface area contributed by atoms with Crippen molar-refractivity contribution in [3.05, 3.63) is 64.7 Å². The van der Waals surface area contributed by atoms with Crippen LogP contribution in [0.3, 0.4) is 0 Å². The number of carbonyl (C=O) groups excluding carboxylic acids is 2. The molecule has 2 aromatic rings. The van der Waals surface area contributed by atoms with Gasteiger partial charge >= 0.3 is 5.97 Å². The van der Waals surface area contributed by atoms with Crippen LogP contribution in [-0.4, -0.2) is 30.0 Å². The fourth-order valence-electron chi connectivity index (χ4n) is 2.90. The number of anilines is 1. The maximum absolute atomic E-state index is 12.3. The number of nitrogens with one attached hydrogen (secondary N) is 2. The monoisotopic (exact) mass is 414 g/mol. The van der Waals surface area contributed by atoms with Crippen molar-refractivity contribution in [1.82, 2.24) is 5.32 Å². The lowest BCUT2D eigenvalue weighted by Gasteiger charge is -2.20. The van der Waals surface area contributed by atoms with Gasteiger partial charge in [-0.15, -0.1) is 0 Å². The molecule has 5 nitrogen and oxygen atoms in total. The first-order valence-corrected chi connectivity index (χ1v) is 10.0. The Kier molecular flexibility index (Phi) is 10.0. The molecule has 1 unspecified atom stereocenters. The normalized spacial score (nSPS) is 10.8. The summed E-state index contributed by atoms with van der Waals surface area (Å²) >= 11 is 5.56. The smallest absolute Gasteiger partial charge is 0.328 e. The maximum atomic E-state index is 12.3. The molecule has 0 radical (unpaired) electrons. The number of amides is 1. The fourth-order valence-corrected chi connectivity index (χ4v) is 3.37. The lowest BCUT2D eigenvalue weighted by Crippen LogP contribution is -2.43. The number of benzene rings is 2. The third kappa shape index (κ3) is 7.31. The summed E-state index contributed by atoms with van der Waals surface area (Å²) in [6.45, 7) is 9.44. The topological polar surface area (TPSA) is 67.4 Å². The zero-order chi connectivity index (χ0) is 22.0. The summed E-state index contributed by atoms with van der Waals surface area (Å²) in [5, 5.41) is 5.87. The minimum Gasteiger partial charge on any atom is -0.467 e. The van der Waals surface area contributed by atoms with Crippen LogP contribution < -0.4 is 10.6 Å². The number of carbonyl (C=O) groups is 2. The molecule has 0 aromatic heterocycles. The van der Waals surface area contributed by atoms with Crippen LogP contribution >= 0.6 is 12.2 Å². The first-order chi connectivity index (χ1) is 13.8. The average Bonchev–Trinajstić information content (AvgIpc) is 2.69. The number of aryl methyl sites for hydroxylation is 2. The van der Waals surface area contributed by atoms with Gasteiger partial charge in [0.2, 0.25) is 5.91 Å². The lowest BCUT2D eigenvalue weighted by atomic mass is 10.0. The molecule has 6 heteroatoms. The van der Waals surface area contributed by atoms with Gasteiger partial charge in [0, 0.05) is 24.6 Å². The second-order valence-electron chi connectivity index (χ2n) is 6.40. The largest absolute Gasteiger partial charge is 0.467 e. The third-order valence-electron chi connectivity index (χ3n) is 4.21. The molecule has 156 valence electrons. The second-order valence-corrected chi connectivity index (χ2v) is 6.81. The molecule has 0 aliphatic heterocycles. The third-order valence-corrected chi connectivity index (χ3v) is 4.54. The molecular formula is C23H30N2O3S. The van der Waals surface area contributed by atoms with Crippen molar-refractivity contribution in [2.75, 3.05) is 12.4 Å². The van der Waals surface area contributed by atoms with Gasteiger partial charge in [0.15, 0.2) is 0 Å². The van der Waals surface area contributed by atoms with E-state index in [0.717, 1.165) is 22.3 Å². The first kappa shape index (κ1) is 24.3. The SMILES string of the molecule is CC.COC(=O)C(Cc1ccc(NC(C)=O)cc1)NC(=S)c1c(C)cccc1C. The molecule has 0 aliphatic rings. The highest BCUT2D eigenvalue weighted by Gasteiger charge is 2.22. The highest BCUT2D eigenvalue weighted by molar-refractivity contribution is 7.80. The van der Waals surface area contributed by atoms with Crippen molar-refractivity contribution >= 4 is 34.8 Å². The van der Waals surface area contributed by atoms with Gasteiger partial charge in [-0.2, -0.15) is 0 Å². The Morgan fingerprint density at radius 1 is 1.03 bits per heavy atom. The molecule has 1 amide bonds. The average molecular weight is 415 g/mol. The highest BCUT2D eigenvalue weighted by Crippen LogP contribution is 2.16. The van der Waals surface area contributed by atoms with Gasteiger partial charge in [0.1, 0.15) is 11.0 Å². The standard InChI is InChI=1S/C21H24N2O3S.C2H6/c1-13-6-5-7-14(2)19(13)20(27)23-18(21(25)26-4)12-16-8-10-17(11-9-16)22-15(3)24;1-2/h5-11,18H,12H2,1-4H3,(H,22,24)(H,23,27);1-2H3. The second kappa shape index (κ2) is 12.0. The molecule has 0 bridgehead atoms. The Bertz CT molecular complexity index is 827. The minimum atomic E-state index is -0.604. The van der Waals surface area contributed by atoms with E-state index in [4.69, 9.17) is 17.0 Å². The Balaban J connectivity index is 0.00000204. The van der Waals surface area contributed by atoms with E-state index >= 15 is 0 Å². The van der Waals surface area contributed by atoms with E-state index in [2.05, 4.69) is 10.6 Å². The van der Waals surface area contributed by atoms with Crippen molar-refractivity contribution in [2.45, 2.75) is 47.1 Å². The number of rotatable bonds is 6. The van der Waals surface area contributed by atoms with E-state index in [1.807, 2.05) is 58.0 Å². The Morgan fingerprint density at radius 3 is 2.07 bits per heavy atom. The molecule has 0 aliphatic carbocycles. The lowest BCUT2D eigenvalue weighted by molar-refractivity contribution is -0.142. The number of ether oxygens (including phenoxy) is 1. The van der Waals surface area contributed by atoms with Crippen molar-refractivity contribution in [1.29, 1.82) is 0 Å². The number of thiocarbonyl (C=S) groups is 1. The van der Waals surface area contributed by atoms with Gasteiger partial charge in [0.25, 0.3) is 0 Å². The molecule has 0 fully saturated rings. The molecule has 0 saturated carbocycles. The molecule has 0 spiro atoms. The van der Waals surface area contributed by atoms with E-state index in [1.54, 1.807) is 12.1 Å². The number of esters is 1. The molecule has 0 heterocycles. The van der Waals surface area contributed by atoms with Gasteiger partial charge in [0.05, 0.1) is 7.11 Å². The summed E-state index contributed by atoms with van der Waals surface area (Å²) in [5.74, 6) is -0.509. The number of hydrogen-bond donors (Lipinski definition) is 2. The Morgan fingerprint density at radius 2 is 1.59 bits per heavy atom. The van der Waals surface area contributed by atoms with E-state index < -0.39 is 6.04 Å². The van der Waals surface area contributed by atoms with E-state index in [-0.39, 0.29) is 11.9 Å². The summed E-state index contributed by atoms with van der Waals surface area (Å²) in [6, 6.07) is 12.7. The summed E-state index contributed by atoms with van der Waals surface area (Å²) in [5.41, 5.74) is 4.67. The summed E-state index contributed by atoms with van der Waals surface area (Å²) < 4.78 is 4.94. The van der Waals surface area contributed by atoms with Crippen molar-refractivity contribution in [2.24, 2.45) is 0 Å². The molecule has 2 rings (SSSR count). The van der Waals surface area contributed by atoms with Gasteiger partial charge in [-0.05, 0) is 42.7 Å². The molecule has 29 heavy (non-hydrogen) atoms. The predicted molar refractivity (Wildman–Crippen MR) is 122 cm³/mol. The van der Waals surface area contributed by atoms with Crippen LogP contribution in [0.25, 0.3) is 0 Å². The fraction of sp³-hybridized carbons (Fsp3) is 0.348. The molecule has 0 saturated heterocycles.